The number of fused-ring (bicyclic) bond motifs is 1. The number of aromatic amines is 1. The van der Waals surface area contributed by atoms with E-state index < -0.39 is 0 Å². The Morgan fingerprint density at radius 2 is 1.73 bits per heavy atom. The number of amides is 1. The zero-order valence-electron chi connectivity index (χ0n) is 17.5. The number of anilines is 1. The van der Waals surface area contributed by atoms with Crippen LogP contribution in [-0.4, -0.2) is 34.8 Å². The molecule has 0 bridgehead atoms. The predicted octanol–water partition coefficient (Wildman–Crippen LogP) is 5.38. The van der Waals surface area contributed by atoms with E-state index in [0.717, 1.165) is 16.8 Å². The number of hydrogen-bond donors (Lipinski definition) is 2. The molecule has 8 heteroatoms. The molecule has 33 heavy (non-hydrogen) atoms. The minimum absolute atomic E-state index is 0.165. The molecule has 1 aromatic heterocycles. The van der Waals surface area contributed by atoms with Gasteiger partial charge in [0.05, 0.1) is 11.4 Å². The molecular weight excluding hydrogens is 441 g/mol. The van der Waals surface area contributed by atoms with Crippen LogP contribution in [-0.2, 0) is 4.79 Å². The van der Waals surface area contributed by atoms with E-state index >= 15 is 0 Å². The minimum atomic E-state index is -0.306. The molecule has 2 heterocycles. The topological polar surface area (TPSA) is 76.2 Å². The molecule has 1 aliphatic rings. The Hall–Kier alpha value is -3.78. The number of benzene rings is 3. The van der Waals surface area contributed by atoms with Crippen molar-refractivity contribution in [2.24, 2.45) is 0 Å². The van der Waals surface area contributed by atoms with Crippen LogP contribution in [0.4, 0.5) is 10.1 Å². The summed E-state index contributed by atoms with van der Waals surface area (Å²) in [5, 5.41) is 3.58. The summed E-state index contributed by atoms with van der Waals surface area (Å²) in [6.45, 7) is 1.00. The van der Waals surface area contributed by atoms with E-state index in [2.05, 4.69) is 10.3 Å². The first-order valence-corrected chi connectivity index (χ1v) is 11.4. The zero-order valence-corrected chi connectivity index (χ0v) is 18.3. The Balaban J connectivity index is 1.34. The summed E-state index contributed by atoms with van der Waals surface area (Å²) in [7, 11) is 0. The van der Waals surface area contributed by atoms with Crippen molar-refractivity contribution in [3.63, 3.8) is 0 Å². The molecule has 0 saturated carbocycles. The first-order chi connectivity index (χ1) is 16.2. The molecule has 6 nitrogen and oxygen atoms in total. The number of thioether (sulfide) groups is 1. The van der Waals surface area contributed by atoms with E-state index in [4.69, 9.17) is 14.5 Å². The second kappa shape index (κ2) is 9.38. The molecule has 1 aliphatic heterocycles. The SMILES string of the molecule is O=C(CSc1nc(-c2ccc(F)cc2)[nH]c1-c1ccccc1)Nc1ccc2c(c1)OCCO2. The van der Waals surface area contributed by atoms with Crippen LogP contribution in [0.3, 0.4) is 0 Å². The Labute approximate surface area is 194 Å². The highest BCUT2D eigenvalue weighted by Gasteiger charge is 2.17. The minimum Gasteiger partial charge on any atom is -0.486 e. The summed E-state index contributed by atoms with van der Waals surface area (Å²) < 4.78 is 24.4. The van der Waals surface area contributed by atoms with Gasteiger partial charge in [0.1, 0.15) is 29.9 Å². The van der Waals surface area contributed by atoms with Gasteiger partial charge in [-0.3, -0.25) is 4.79 Å². The number of hydrogen-bond acceptors (Lipinski definition) is 5. The first-order valence-electron chi connectivity index (χ1n) is 10.4. The number of carbonyl (C=O) groups excluding carboxylic acids is 1. The largest absolute Gasteiger partial charge is 0.486 e. The number of nitrogens with zero attached hydrogens (tertiary/aromatic N) is 1. The third kappa shape index (κ3) is 4.85. The normalized spacial score (nSPS) is 12.4. The summed E-state index contributed by atoms with van der Waals surface area (Å²) in [6, 6.07) is 21.2. The Kier molecular flexibility index (Phi) is 5.99. The first kappa shape index (κ1) is 21.1. The highest BCUT2D eigenvalue weighted by atomic mass is 32.2. The van der Waals surface area contributed by atoms with Gasteiger partial charge in [0.25, 0.3) is 0 Å². The fraction of sp³-hybridized carbons (Fsp3) is 0.120. The molecule has 0 fully saturated rings. The zero-order chi connectivity index (χ0) is 22.6. The molecule has 3 aromatic carbocycles. The van der Waals surface area contributed by atoms with E-state index in [1.807, 2.05) is 30.3 Å². The highest BCUT2D eigenvalue weighted by Crippen LogP contribution is 2.34. The van der Waals surface area contributed by atoms with E-state index in [0.29, 0.717) is 41.3 Å². The van der Waals surface area contributed by atoms with Gasteiger partial charge < -0.3 is 19.8 Å². The summed E-state index contributed by atoms with van der Waals surface area (Å²) in [4.78, 5) is 20.6. The molecule has 0 unspecified atom stereocenters. The maximum Gasteiger partial charge on any atom is 0.234 e. The smallest absolute Gasteiger partial charge is 0.234 e. The highest BCUT2D eigenvalue weighted by molar-refractivity contribution is 8.00. The van der Waals surface area contributed by atoms with Crippen LogP contribution in [0.1, 0.15) is 0 Å². The van der Waals surface area contributed by atoms with Crippen LogP contribution in [0, 0.1) is 5.82 Å². The fourth-order valence-electron chi connectivity index (χ4n) is 3.46. The third-order valence-corrected chi connectivity index (χ3v) is 5.99. The lowest BCUT2D eigenvalue weighted by atomic mass is 10.2. The average Bonchev–Trinajstić information content (AvgIpc) is 3.28. The Bertz CT molecular complexity index is 1280. The number of ether oxygens (including phenoxy) is 2. The standard InChI is InChI=1S/C25H20FN3O3S/c26-18-8-6-17(7-9-18)24-28-23(16-4-2-1-3-5-16)25(29-24)33-15-22(30)27-19-10-11-20-21(14-19)32-13-12-31-20/h1-11,14H,12-13,15H2,(H,27,30)(H,28,29). The lowest BCUT2D eigenvalue weighted by molar-refractivity contribution is -0.113. The van der Waals surface area contributed by atoms with Crippen LogP contribution < -0.4 is 14.8 Å². The van der Waals surface area contributed by atoms with Crippen molar-refractivity contribution >= 4 is 23.4 Å². The van der Waals surface area contributed by atoms with Gasteiger partial charge in [-0.15, -0.1) is 0 Å². The average molecular weight is 462 g/mol. The second-order valence-electron chi connectivity index (χ2n) is 7.33. The number of H-pyrrole nitrogens is 1. The monoisotopic (exact) mass is 461 g/mol. The van der Waals surface area contributed by atoms with Gasteiger partial charge in [-0.05, 0) is 36.4 Å². The molecule has 0 aliphatic carbocycles. The molecular formula is C25H20FN3O3S. The molecule has 166 valence electrons. The number of rotatable bonds is 6. The summed E-state index contributed by atoms with van der Waals surface area (Å²) in [5.41, 5.74) is 3.17. The summed E-state index contributed by atoms with van der Waals surface area (Å²) in [5.74, 6) is 1.60. The maximum absolute atomic E-state index is 13.3. The molecule has 4 aromatic rings. The van der Waals surface area contributed by atoms with Crippen molar-refractivity contribution in [1.29, 1.82) is 0 Å². The number of carbonyl (C=O) groups is 1. The summed E-state index contributed by atoms with van der Waals surface area (Å²) in [6.07, 6.45) is 0. The van der Waals surface area contributed by atoms with Crippen molar-refractivity contribution in [3.8, 4) is 34.1 Å². The number of aromatic nitrogens is 2. The van der Waals surface area contributed by atoms with Gasteiger partial charge in [-0.2, -0.15) is 0 Å². The van der Waals surface area contributed by atoms with Crippen molar-refractivity contribution < 1.29 is 18.7 Å². The van der Waals surface area contributed by atoms with Gasteiger partial charge in [0.15, 0.2) is 11.5 Å². The van der Waals surface area contributed by atoms with Gasteiger partial charge in [-0.25, -0.2) is 9.37 Å². The van der Waals surface area contributed by atoms with Crippen LogP contribution in [0.25, 0.3) is 22.6 Å². The molecule has 0 radical (unpaired) electrons. The lowest BCUT2D eigenvalue weighted by Crippen LogP contribution is -2.17. The predicted molar refractivity (Wildman–Crippen MR) is 126 cm³/mol. The van der Waals surface area contributed by atoms with Crippen LogP contribution in [0.2, 0.25) is 0 Å². The lowest BCUT2D eigenvalue weighted by Gasteiger charge is -2.18. The quantitative estimate of drug-likeness (QED) is 0.377. The van der Waals surface area contributed by atoms with Gasteiger partial charge in [-0.1, -0.05) is 42.1 Å². The molecule has 0 spiro atoms. The Morgan fingerprint density at radius 3 is 2.52 bits per heavy atom. The Morgan fingerprint density at radius 1 is 0.970 bits per heavy atom. The van der Waals surface area contributed by atoms with Crippen LogP contribution in [0.5, 0.6) is 11.5 Å². The van der Waals surface area contributed by atoms with E-state index in [-0.39, 0.29) is 17.5 Å². The van der Waals surface area contributed by atoms with Gasteiger partial charge >= 0.3 is 0 Å². The summed E-state index contributed by atoms with van der Waals surface area (Å²) >= 11 is 1.33. The van der Waals surface area contributed by atoms with Crippen molar-refractivity contribution in [1.82, 2.24) is 9.97 Å². The number of halogens is 1. The molecule has 2 N–H and O–H groups in total. The number of nitrogens with one attached hydrogen (secondary N) is 2. The fourth-order valence-corrected chi connectivity index (χ4v) is 4.27. The van der Waals surface area contributed by atoms with Gasteiger partial charge in [0.2, 0.25) is 5.91 Å². The van der Waals surface area contributed by atoms with Crippen molar-refractivity contribution in [2.75, 3.05) is 24.3 Å². The second-order valence-corrected chi connectivity index (χ2v) is 8.30. The van der Waals surface area contributed by atoms with Crippen molar-refractivity contribution in [2.45, 2.75) is 5.03 Å². The molecule has 0 saturated heterocycles. The molecule has 5 rings (SSSR count). The van der Waals surface area contributed by atoms with Crippen molar-refractivity contribution in [3.05, 3.63) is 78.6 Å². The number of imidazole rings is 1. The van der Waals surface area contributed by atoms with E-state index in [1.54, 1.807) is 30.3 Å². The molecule has 0 atom stereocenters. The molecule has 1 amide bonds. The van der Waals surface area contributed by atoms with E-state index in [1.165, 1.54) is 23.9 Å². The maximum atomic E-state index is 13.3. The van der Waals surface area contributed by atoms with Gasteiger partial charge in [0, 0.05) is 22.9 Å². The van der Waals surface area contributed by atoms with Crippen LogP contribution in [0.15, 0.2) is 77.8 Å². The third-order valence-electron chi connectivity index (χ3n) is 5.02. The van der Waals surface area contributed by atoms with Crippen LogP contribution >= 0.6 is 11.8 Å². The van der Waals surface area contributed by atoms with E-state index in [9.17, 15) is 9.18 Å².